The number of rotatable bonds is 8. The fraction of sp³-hybridized carbons (Fsp3) is 0.462. The molecule has 5 nitrogen and oxygen atoms in total. The van der Waals surface area contributed by atoms with Crippen LogP contribution < -0.4 is 15.5 Å². The van der Waals surface area contributed by atoms with Crippen molar-refractivity contribution in [3.05, 3.63) is 52.6 Å². The molecule has 1 atom stereocenters. The standard InChI is InChI=1S/C26H32BNO4S/c1-16-13-20(32-12-8-19-5-3-4-11-31-19)14-17(2)23(16)24(33)28-22-15-18(6-7-21(22)27)26(9-10-26)25(29)30/h6-7,13-15,19H,3-5,8-12,27H2,1-2H3,(H,28,33)(H,29,30). The molecule has 33 heavy (non-hydrogen) atoms. The van der Waals surface area contributed by atoms with E-state index in [1.54, 1.807) is 0 Å². The van der Waals surface area contributed by atoms with Gasteiger partial charge >= 0.3 is 5.97 Å². The molecule has 7 heteroatoms. The molecule has 1 heterocycles. The molecule has 2 N–H and O–H groups in total. The van der Waals surface area contributed by atoms with Gasteiger partial charge in [0.2, 0.25) is 0 Å². The lowest BCUT2D eigenvalue weighted by Crippen LogP contribution is -2.23. The molecule has 0 radical (unpaired) electrons. The monoisotopic (exact) mass is 465 g/mol. The van der Waals surface area contributed by atoms with Crippen molar-refractivity contribution in [2.45, 2.75) is 63.9 Å². The Kier molecular flexibility index (Phi) is 7.10. The molecule has 1 saturated heterocycles. The molecule has 0 spiro atoms. The third-order valence-electron chi connectivity index (χ3n) is 6.91. The van der Waals surface area contributed by atoms with Crippen molar-refractivity contribution in [2.24, 2.45) is 0 Å². The van der Waals surface area contributed by atoms with Gasteiger partial charge in [0.15, 0.2) is 0 Å². The summed E-state index contributed by atoms with van der Waals surface area (Å²) in [5.41, 5.74) is 5.07. The van der Waals surface area contributed by atoms with Gasteiger partial charge in [-0.25, -0.2) is 0 Å². The van der Waals surface area contributed by atoms with Gasteiger partial charge in [-0.15, -0.1) is 0 Å². The first-order valence-electron chi connectivity index (χ1n) is 11.8. The molecular weight excluding hydrogens is 433 g/mol. The lowest BCUT2D eigenvalue weighted by Gasteiger charge is -2.22. The molecular formula is C26H32BNO4S. The number of carboxylic acids is 1. The summed E-state index contributed by atoms with van der Waals surface area (Å²) < 4.78 is 11.8. The molecule has 0 aromatic heterocycles. The van der Waals surface area contributed by atoms with Crippen LogP contribution in [0.15, 0.2) is 30.3 Å². The Morgan fingerprint density at radius 3 is 2.58 bits per heavy atom. The molecule has 2 aromatic carbocycles. The van der Waals surface area contributed by atoms with Crippen molar-refractivity contribution in [3.8, 4) is 5.75 Å². The highest BCUT2D eigenvalue weighted by Crippen LogP contribution is 2.48. The van der Waals surface area contributed by atoms with E-state index in [4.69, 9.17) is 21.7 Å². The van der Waals surface area contributed by atoms with Crippen molar-refractivity contribution in [3.63, 3.8) is 0 Å². The number of carboxylic acid groups (broad SMARTS) is 1. The summed E-state index contributed by atoms with van der Waals surface area (Å²) in [6.45, 7) is 5.59. The number of thiocarbonyl (C=S) groups is 1. The molecule has 1 aliphatic carbocycles. The van der Waals surface area contributed by atoms with E-state index in [0.717, 1.165) is 65.0 Å². The third kappa shape index (κ3) is 5.25. The Labute approximate surface area is 202 Å². The van der Waals surface area contributed by atoms with Crippen LogP contribution in [0.2, 0.25) is 0 Å². The van der Waals surface area contributed by atoms with Crippen LogP contribution in [-0.4, -0.2) is 43.2 Å². The van der Waals surface area contributed by atoms with Crippen LogP contribution in [0, 0.1) is 13.8 Å². The fourth-order valence-electron chi connectivity index (χ4n) is 4.70. The van der Waals surface area contributed by atoms with Gasteiger partial charge in [-0.3, -0.25) is 4.79 Å². The fourth-order valence-corrected chi connectivity index (χ4v) is 5.13. The van der Waals surface area contributed by atoms with Crippen molar-refractivity contribution in [2.75, 3.05) is 18.5 Å². The maximum atomic E-state index is 11.7. The highest BCUT2D eigenvalue weighted by molar-refractivity contribution is 7.81. The van der Waals surface area contributed by atoms with Gasteiger partial charge in [-0.1, -0.05) is 29.8 Å². The third-order valence-corrected chi connectivity index (χ3v) is 7.22. The molecule has 0 amide bonds. The number of anilines is 1. The highest BCUT2D eigenvalue weighted by atomic mass is 32.1. The Hall–Kier alpha value is -2.38. The summed E-state index contributed by atoms with van der Waals surface area (Å²) in [5, 5.41) is 13.0. The van der Waals surface area contributed by atoms with Crippen molar-refractivity contribution >= 4 is 42.2 Å². The summed E-state index contributed by atoms with van der Waals surface area (Å²) in [7, 11) is 2.00. The van der Waals surface area contributed by atoms with E-state index in [1.807, 2.05) is 52.0 Å². The second kappa shape index (κ2) is 9.86. The Bertz CT molecular complexity index is 1040. The number of benzene rings is 2. The van der Waals surface area contributed by atoms with Gasteiger partial charge in [-0.05, 0) is 80.8 Å². The molecule has 2 aliphatic rings. The van der Waals surface area contributed by atoms with Crippen molar-refractivity contribution < 1.29 is 19.4 Å². The molecule has 2 aromatic rings. The van der Waals surface area contributed by atoms with Crippen molar-refractivity contribution in [1.29, 1.82) is 0 Å². The van der Waals surface area contributed by atoms with E-state index in [1.165, 1.54) is 6.42 Å². The first-order valence-corrected chi connectivity index (χ1v) is 12.2. The topological polar surface area (TPSA) is 67.8 Å². The number of hydrogen-bond acceptors (Lipinski definition) is 4. The summed E-state index contributed by atoms with van der Waals surface area (Å²) in [6, 6.07) is 9.90. The van der Waals surface area contributed by atoms with Crippen LogP contribution in [0.1, 0.15) is 60.8 Å². The summed E-state index contributed by atoms with van der Waals surface area (Å²) in [5.74, 6) is 0.0971. The smallest absolute Gasteiger partial charge is 0.314 e. The Morgan fingerprint density at radius 2 is 1.97 bits per heavy atom. The average Bonchev–Trinajstić information content (AvgIpc) is 3.58. The number of aliphatic carboxylic acids is 1. The van der Waals surface area contributed by atoms with Gasteiger partial charge in [0.05, 0.1) is 18.1 Å². The molecule has 1 unspecified atom stereocenters. The number of ether oxygens (including phenoxy) is 2. The van der Waals surface area contributed by atoms with Crippen LogP contribution in [0.5, 0.6) is 5.75 Å². The second-order valence-corrected chi connectivity index (χ2v) is 9.84. The predicted molar refractivity (Wildman–Crippen MR) is 138 cm³/mol. The van der Waals surface area contributed by atoms with Gasteiger partial charge in [0.25, 0.3) is 0 Å². The highest BCUT2D eigenvalue weighted by Gasteiger charge is 2.51. The zero-order valence-electron chi connectivity index (χ0n) is 19.7. The lowest BCUT2D eigenvalue weighted by molar-refractivity contribution is -0.140. The molecule has 4 rings (SSSR count). The van der Waals surface area contributed by atoms with Crippen LogP contribution in [0.25, 0.3) is 0 Å². The van der Waals surface area contributed by atoms with Gasteiger partial charge in [-0.2, -0.15) is 0 Å². The van der Waals surface area contributed by atoms with E-state index < -0.39 is 11.4 Å². The molecule has 1 aliphatic heterocycles. The quantitative estimate of drug-likeness (QED) is 0.457. The summed E-state index contributed by atoms with van der Waals surface area (Å²) in [4.78, 5) is 12.4. The second-order valence-electron chi connectivity index (χ2n) is 9.43. The minimum absolute atomic E-state index is 0.312. The first-order chi connectivity index (χ1) is 15.8. The van der Waals surface area contributed by atoms with Crippen LogP contribution in [0.3, 0.4) is 0 Å². The van der Waals surface area contributed by atoms with Crippen LogP contribution in [-0.2, 0) is 14.9 Å². The average molecular weight is 465 g/mol. The van der Waals surface area contributed by atoms with Crippen LogP contribution in [0.4, 0.5) is 5.69 Å². The predicted octanol–water partition coefficient (Wildman–Crippen LogP) is 3.80. The van der Waals surface area contributed by atoms with Crippen LogP contribution >= 0.6 is 12.2 Å². The van der Waals surface area contributed by atoms with E-state index in [0.29, 0.717) is 30.5 Å². The van der Waals surface area contributed by atoms with Gasteiger partial charge in [0, 0.05) is 24.3 Å². The normalized spacial score (nSPS) is 19.0. The van der Waals surface area contributed by atoms with E-state index in [2.05, 4.69) is 5.32 Å². The van der Waals surface area contributed by atoms with E-state index in [-0.39, 0.29) is 0 Å². The van der Waals surface area contributed by atoms with E-state index in [9.17, 15) is 9.90 Å². The largest absolute Gasteiger partial charge is 0.493 e. The molecule has 0 bridgehead atoms. The molecule has 2 fully saturated rings. The zero-order chi connectivity index (χ0) is 23.6. The first kappa shape index (κ1) is 23.8. The minimum atomic E-state index is -0.753. The Balaban J connectivity index is 1.44. The van der Waals surface area contributed by atoms with E-state index >= 15 is 0 Å². The van der Waals surface area contributed by atoms with Crippen molar-refractivity contribution in [1.82, 2.24) is 0 Å². The SMILES string of the molecule is Bc1ccc(C2(C(=O)O)CC2)cc1NC(=S)c1c(C)cc(OCCC2CCCCO2)cc1C. The maximum absolute atomic E-state index is 11.7. The number of aryl methyl sites for hydroxylation is 2. The number of carbonyl (C=O) groups is 1. The lowest BCUT2D eigenvalue weighted by atomic mass is 9.88. The maximum Gasteiger partial charge on any atom is 0.314 e. The van der Waals surface area contributed by atoms with Gasteiger partial charge < -0.3 is 19.9 Å². The van der Waals surface area contributed by atoms with Gasteiger partial charge in [0.1, 0.15) is 18.6 Å². The zero-order valence-corrected chi connectivity index (χ0v) is 20.5. The summed E-state index contributed by atoms with van der Waals surface area (Å²) >= 11 is 5.77. The number of hydrogen-bond donors (Lipinski definition) is 2. The number of nitrogens with one attached hydrogen (secondary N) is 1. The summed E-state index contributed by atoms with van der Waals surface area (Å²) in [6.07, 6.45) is 6.11. The minimum Gasteiger partial charge on any atom is -0.493 e. The molecule has 1 saturated carbocycles. The molecule has 174 valence electrons. The Morgan fingerprint density at radius 1 is 1.24 bits per heavy atom.